The lowest BCUT2D eigenvalue weighted by atomic mass is 10.3. The Bertz CT molecular complexity index is 366. The van der Waals surface area contributed by atoms with Gasteiger partial charge in [-0.15, -0.1) is 0 Å². The number of nitrogens with two attached hydrogens (primary N) is 1. The van der Waals surface area contributed by atoms with Gasteiger partial charge in [0.25, 0.3) is 5.91 Å². The molecule has 0 radical (unpaired) electrons. The van der Waals surface area contributed by atoms with E-state index in [1.165, 1.54) is 12.5 Å². The molecule has 1 amide bonds. The molecule has 0 bridgehead atoms. The summed E-state index contributed by atoms with van der Waals surface area (Å²) in [5, 5.41) is 2.70. The molecule has 0 aliphatic carbocycles. The van der Waals surface area contributed by atoms with Crippen LogP contribution in [0.15, 0.2) is 31.2 Å². The van der Waals surface area contributed by atoms with Gasteiger partial charge in [0.15, 0.2) is 5.69 Å². The average molecular weight is 221 g/mol. The number of carbonyl (C=O) groups excluding carboxylic acids is 1. The van der Waals surface area contributed by atoms with Gasteiger partial charge in [-0.2, -0.15) is 0 Å². The van der Waals surface area contributed by atoms with Crippen LogP contribution < -0.4 is 11.1 Å². The number of pyridine rings is 1. The molecule has 1 heterocycles. The van der Waals surface area contributed by atoms with Gasteiger partial charge in [0, 0.05) is 12.7 Å². The maximum Gasteiger partial charge on any atom is 0.272 e. The summed E-state index contributed by atoms with van der Waals surface area (Å²) in [6.07, 6.45) is 3.62. The first-order chi connectivity index (χ1) is 7.75. The minimum atomic E-state index is -0.267. The standard InChI is InChI=1S/C11H15N3O2/c1-2-16-8-4-7-14-11(15)10-9(12)5-3-6-13-10/h2-3,5-6H,1,4,7-8,12H2,(H,14,15). The lowest BCUT2D eigenvalue weighted by Gasteiger charge is -2.06. The summed E-state index contributed by atoms with van der Waals surface area (Å²) in [5.41, 5.74) is 6.25. The van der Waals surface area contributed by atoms with Crippen LogP contribution in [0.3, 0.4) is 0 Å². The smallest absolute Gasteiger partial charge is 0.272 e. The van der Waals surface area contributed by atoms with E-state index in [1.807, 2.05) is 0 Å². The van der Waals surface area contributed by atoms with Gasteiger partial charge in [-0.05, 0) is 18.6 Å². The molecule has 0 saturated carbocycles. The molecule has 0 aromatic carbocycles. The van der Waals surface area contributed by atoms with Gasteiger partial charge >= 0.3 is 0 Å². The molecule has 1 rings (SSSR count). The highest BCUT2D eigenvalue weighted by molar-refractivity contribution is 5.96. The maximum atomic E-state index is 11.6. The second kappa shape index (κ2) is 6.44. The number of rotatable bonds is 6. The summed E-state index contributed by atoms with van der Waals surface area (Å²) in [7, 11) is 0. The number of nitrogens with zero attached hydrogens (tertiary/aromatic N) is 1. The van der Waals surface area contributed by atoms with Crippen molar-refractivity contribution in [3.63, 3.8) is 0 Å². The first-order valence-corrected chi connectivity index (χ1v) is 4.97. The largest absolute Gasteiger partial charge is 0.502 e. The van der Waals surface area contributed by atoms with E-state index < -0.39 is 0 Å². The highest BCUT2D eigenvalue weighted by Gasteiger charge is 2.09. The van der Waals surface area contributed by atoms with Crippen LogP contribution in [0.25, 0.3) is 0 Å². The molecule has 1 aromatic heterocycles. The number of anilines is 1. The van der Waals surface area contributed by atoms with Crippen LogP contribution in [0, 0.1) is 0 Å². The Morgan fingerprint density at radius 2 is 2.50 bits per heavy atom. The third kappa shape index (κ3) is 3.61. The van der Waals surface area contributed by atoms with Crippen LogP contribution in [0.5, 0.6) is 0 Å². The number of nitrogen functional groups attached to an aromatic ring is 1. The molecule has 1 aromatic rings. The molecule has 0 unspecified atom stereocenters. The minimum absolute atomic E-state index is 0.257. The third-order valence-electron chi connectivity index (χ3n) is 1.90. The fraction of sp³-hybridized carbons (Fsp3) is 0.273. The Balaban J connectivity index is 2.36. The van der Waals surface area contributed by atoms with Crippen molar-refractivity contribution in [1.29, 1.82) is 0 Å². The van der Waals surface area contributed by atoms with E-state index in [4.69, 9.17) is 10.5 Å². The summed E-state index contributed by atoms with van der Waals surface area (Å²) in [6.45, 7) is 4.46. The van der Waals surface area contributed by atoms with Crippen molar-refractivity contribution in [2.24, 2.45) is 0 Å². The van der Waals surface area contributed by atoms with Crippen molar-refractivity contribution in [2.45, 2.75) is 6.42 Å². The average Bonchev–Trinajstić information content (AvgIpc) is 2.29. The first-order valence-electron chi connectivity index (χ1n) is 4.97. The van der Waals surface area contributed by atoms with Crippen molar-refractivity contribution in [3.05, 3.63) is 36.9 Å². The molecular weight excluding hydrogens is 206 g/mol. The Labute approximate surface area is 94.3 Å². The fourth-order valence-corrected chi connectivity index (χ4v) is 1.13. The lowest BCUT2D eigenvalue weighted by Crippen LogP contribution is -2.26. The van der Waals surface area contributed by atoms with Crippen LogP contribution >= 0.6 is 0 Å². The van der Waals surface area contributed by atoms with Crippen LogP contribution in [0.2, 0.25) is 0 Å². The molecule has 0 aliphatic heterocycles. The minimum Gasteiger partial charge on any atom is -0.502 e. The van der Waals surface area contributed by atoms with E-state index >= 15 is 0 Å². The predicted molar refractivity (Wildman–Crippen MR) is 61.7 cm³/mol. The Morgan fingerprint density at radius 1 is 1.69 bits per heavy atom. The number of ether oxygens (including phenoxy) is 1. The zero-order valence-electron chi connectivity index (χ0n) is 8.98. The monoisotopic (exact) mass is 221 g/mol. The van der Waals surface area contributed by atoms with Crippen molar-refractivity contribution in [2.75, 3.05) is 18.9 Å². The molecule has 0 atom stereocenters. The number of nitrogens with one attached hydrogen (secondary N) is 1. The normalized spacial score (nSPS) is 9.50. The van der Waals surface area contributed by atoms with E-state index in [0.29, 0.717) is 25.3 Å². The van der Waals surface area contributed by atoms with Crippen molar-refractivity contribution in [3.8, 4) is 0 Å². The van der Waals surface area contributed by atoms with E-state index in [-0.39, 0.29) is 11.6 Å². The maximum absolute atomic E-state index is 11.6. The van der Waals surface area contributed by atoms with Gasteiger partial charge in [0.05, 0.1) is 18.6 Å². The first kappa shape index (κ1) is 12.0. The third-order valence-corrected chi connectivity index (χ3v) is 1.90. The summed E-state index contributed by atoms with van der Waals surface area (Å²) in [6, 6.07) is 3.33. The van der Waals surface area contributed by atoms with Gasteiger partial charge in [0.2, 0.25) is 0 Å². The highest BCUT2D eigenvalue weighted by Crippen LogP contribution is 2.05. The van der Waals surface area contributed by atoms with Crippen molar-refractivity contribution >= 4 is 11.6 Å². The van der Waals surface area contributed by atoms with Gasteiger partial charge in [-0.1, -0.05) is 6.58 Å². The second-order valence-corrected chi connectivity index (χ2v) is 3.09. The molecule has 86 valence electrons. The Hall–Kier alpha value is -2.04. The number of hydrogen-bond donors (Lipinski definition) is 2. The van der Waals surface area contributed by atoms with E-state index in [2.05, 4.69) is 16.9 Å². The fourth-order valence-electron chi connectivity index (χ4n) is 1.13. The van der Waals surface area contributed by atoms with Gasteiger partial charge in [-0.3, -0.25) is 4.79 Å². The van der Waals surface area contributed by atoms with Crippen LogP contribution in [-0.4, -0.2) is 24.0 Å². The van der Waals surface area contributed by atoms with Crippen molar-refractivity contribution < 1.29 is 9.53 Å². The topological polar surface area (TPSA) is 77.2 Å². The van der Waals surface area contributed by atoms with E-state index in [9.17, 15) is 4.79 Å². The molecule has 3 N–H and O–H groups in total. The number of aromatic nitrogens is 1. The molecule has 16 heavy (non-hydrogen) atoms. The van der Waals surface area contributed by atoms with Crippen LogP contribution in [0.1, 0.15) is 16.9 Å². The van der Waals surface area contributed by atoms with Crippen LogP contribution in [-0.2, 0) is 4.74 Å². The summed E-state index contributed by atoms with van der Waals surface area (Å²) >= 11 is 0. The van der Waals surface area contributed by atoms with Gasteiger partial charge in [-0.25, -0.2) is 4.98 Å². The zero-order valence-corrected chi connectivity index (χ0v) is 8.98. The molecule has 5 heteroatoms. The van der Waals surface area contributed by atoms with Crippen molar-refractivity contribution in [1.82, 2.24) is 10.3 Å². The molecule has 0 fully saturated rings. The van der Waals surface area contributed by atoms with Gasteiger partial charge in [0.1, 0.15) is 0 Å². The quantitative estimate of drug-likeness (QED) is 0.553. The molecule has 0 saturated heterocycles. The number of hydrogen-bond acceptors (Lipinski definition) is 4. The zero-order chi connectivity index (χ0) is 11.8. The summed E-state index contributed by atoms with van der Waals surface area (Å²) in [5.74, 6) is -0.267. The number of amides is 1. The second-order valence-electron chi connectivity index (χ2n) is 3.09. The molecule has 0 spiro atoms. The Morgan fingerprint density at radius 3 is 3.19 bits per heavy atom. The van der Waals surface area contributed by atoms with Gasteiger partial charge < -0.3 is 15.8 Å². The molecule has 5 nitrogen and oxygen atoms in total. The Kier molecular flexibility index (Phi) is 4.85. The molecule has 0 aliphatic rings. The van der Waals surface area contributed by atoms with E-state index in [0.717, 1.165) is 0 Å². The lowest BCUT2D eigenvalue weighted by molar-refractivity contribution is 0.0946. The predicted octanol–water partition coefficient (Wildman–Crippen LogP) is 0.944. The van der Waals surface area contributed by atoms with E-state index in [1.54, 1.807) is 12.1 Å². The highest BCUT2D eigenvalue weighted by atomic mass is 16.5. The summed E-state index contributed by atoms with van der Waals surface area (Å²) in [4.78, 5) is 15.5. The molecular formula is C11H15N3O2. The van der Waals surface area contributed by atoms with Crippen LogP contribution in [0.4, 0.5) is 5.69 Å². The number of carbonyl (C=O) groups is 1. The summed E-state index contributed by atoms with van der Waals surface area (Å²) < 4.78 is 4.92. The SMILES string of the molecule is C=COCCCNC(=O)c1ncccc1N.